The zero-order valence-corrected chi connectivity index (χ0v) is 12.3. The molecule has 1 heterocycles. The van der Waals surface area contributed by atoms with E-state index in [0.717, 1.165) is 24.3 Å². The summed E-state index contributed by atoms with van der Waals surface area (Å²) in [5, 5.41) is 0. The highest BCUT2D eigenvalue weighted by Crippen LogP contribution is 2.28. The van der Waals surface area contributed by atoms with Crippen molar-refractivity contribution in [3.63, 3.8) is 0 Å². The first kappa shape index (κ1) is 13.7. The Morgan fingerprint density at radius 1 is 1.39 bits per heavy atom. The van der Waals surface area contributed by atoms with E-state index >= 15 is 0 Å². The molecule has 0 aromatic heterocycles. The van der Waals surface area contributed by atoms with Crippen molar-refractivity contribution in [1.29, 1.82) is 0 Å². The number of ether oxygens (including phenoxy) is 1. The summed E-state index contributed by atoms with van der Waals surface area (Å²) in [6, 6.07) is 6.29. The Kier molecular flexibility index (Phi) is 3.90. The molecule has 0 spiro atoms. The normalized spacial score (nSPS) is 18.1. The topological polar surface area (TPSA) is 44.3 Å². The van der Waals surface area contributed by atoms with Gasteiger partial charge in [0.25, 0.3) is 0 Å². The Morgan fingerprint density at radius 2 is 2.11 bits per heavy atom. The van der Waals surface area contributed by atoms with E-state index in [0.29, 0.717) is 0 Å². The summed E-state index contributed by atoms with van der Waals surface area (Å²) in [7, 11) is 0. The summed E-state index contributed by atoms with van der Waals surface area (Å²) in [5.41, 5.74) is 2.42. The lowest BCUT2D eigenvalue weighted by Crippen LogP contribution is -2.40. The summed E-state index contributed by atoms with van der Waals surface area (Å²) in [4.78, 5) is 0. The van der Waals surface area contributed by atoms with Gasteiger partial charge in [-0.25, -0.2) is 0 Å². The lowest BCUT2D eigenvalue weighted by atomic mass is 10.0. The molecule has 18 heavy (non-hydrogen) atoms. The fourth-order valence-electron chi connectivity index (χ4n) is 1.88. The monoisotopic (exact) mass is 267 g/mol. The smallest absolute Gasteiger partial charge is 0.136 e. The maximum atomic E-state index is 12.1. The fourth-order valence-corrected chi connectivity index (χ4v) is 2.69. The predicted molar refractivity (Wildman–Crippen MR) is 75.1 cm³/mol. The van der Waals surface area contributed by atoms with E-state index in [1.807, 2.05) is 39.8 Å². The number of nitrogens with one attached hydrogen (secondary N) is 1. The van der Waals surface area contributed by atoms with Gasteiger partial charge in [0.1, 0.15) is 10.5 Å². The van der Waals surface area contributed by atoms with Crippen LogP contribution >= 0.6 is 0 Å². The summed E-state index contributed by atoms with van der Waals surface area (Å²) in [6.45, 7) is 8.73. The minimum Gasteiger partial charge on any atom is -0.598 e. The third kappa shape index (κ3) is 2.99. The summed E-state index contributed by atoms with van der Waals surface area (Å²) < 4.78 is 20.5. The van der Waals surface area contributed by atoms with E-state index in [4.69, 9.17) is 4.74 Å². The van der Waals surface area contributed by atoms with Gasteiger partial charge in [0.05, 0.1) is 12.6 Å². The number of rotatable bonds is 3. The van der Waals surface area contributed by atoms with Gasteiger partial charge >= 0.3 is 0 Å². The fraction of sp³-hybridized carbons (Fsp3) is 0.571. The van der Waals surface area contributed by atoms with Gasteiger partial charge in [-0.15, -0.1) is 4.72 Å². The average molecular weight is 267 g/mol. The highest BCUT2D eigenvalue weighted by atomic mass is 32.2. The van der Waals surface area contributed by atoms with Gasteiger partial charge in [-0.3, -0.25) is 0 Å². The minimum atomic E-state index is -1.05. The van der Waals surface area contributed by atoms with Crippen molar-refractivity contribution in [2.45, 2.75) is 44.9 Å². The van der Waals surface area contributed by atoms with Gasteiger partial charge in [-0.1, -0.05) is 12.1 Å². The third-order valence-electron chi connectivity index (χ3n) is 3.05. The van der Waals surface area contributed by atoms with Crippen molar-refractivity contribution in [2.24, 2.45) is 0 Å². The van der Waals surface area contributed by atoms with Crippen LogP contribution in [-0.2, 0) is 17.8 Å². The molecular formula is C14H21NO2S. The number of hydrogen-bond donors (Lipinski definition) is 1. The largest absolute Gasteiger partial charge is 0.598 e. The van der Waals surface area contributed by atoms with Gasteiger partial charge in [-0.05, 0) is 44.9 Å². The van der Waals surface area contributed by atoms with Gasteiger partial charge in [-0.2, -0.15) is 0 Å². The Hall–Kier alpha value is -0.710. The van der Waals surface area contributed by atoms with Crippen LogP contribution in [0.2, 0.25) is 0 Å². The molecule has 0 saturated heterocycles. The molecule has 0 fully saturated rings. The third-order valence-corrected chi connectivity index (χ3v) is 4.73. The zero-order chi connectivity index (χ0) is 13.3. The maximum Gasteiger partial charge on any atom is 0.136 e. The number of hydrogen-bond acceptors (Lipinski definition) is 3. The van der Waals surface area contributed by atoms with Crippen LogP contribution < -0.4 is 9.46 Å². The molecule has 0 bridgehead atoms. The highest BCUT2D eigenvalue weighted by molar-refractivity contribution is 7.90. The quantitative estimate of drug-likeness (QED) is 0.856. The molecule has 0 radical (unpaired) electrons. The van der Waals surface area contributed by atoms with Crippen LogP contribution in [0.1, 0.15) is 44.9 Å². The standard InChI is InChI=1S/C14H21NO2S/c1-10(15-18(16)14(2,3)4)11-5-6-13-12(9-11)7-8-17-13/h5-6,9-10,15H,7-8H2,1-4H3/t10-,18?/m0/s1. The molecule has 1 aromatic rings. The second kappa shape index (κ2) is 5.11. The molecule has 0 aliphatic carbocycles. The van der Waals surface area contributed by atoms with Gasteiger partial charge < -0.3 is 9.29 Å². The van der Waals surface area contributed by atoms with Crippen LogP contribution in [0.3, 0.4) is 0 Å². The Labute approximate surface area is 112 Å². The predicted octanol–water partition coefficient (Wildman–Crippen LogP) is 2.73. The second-order valence-corrected chi connectivity index (χ2v) is 7.68. The van der Waals surface area contributed by atoms with E-state index in [1.54, 1.807) is 0 Å². The van der Waals surface area contributed by atoms with Crippen LogP contribution in [0.4, 0.5) is 0 Å². The molecule has 1 N–H and O–H groups in total. The Bertz CT molecular complexity index is 428. The molecule has 1 aliphatic rings. The molecule has 2 rings (SSSR count). The minimum absolute atomic E-state index is 0.0796. The molecule has 2 atom stereocenters. The first-order chi connectivity index (χ1) is 8.38. The molecule has 3 nitrogen and oxygen atoms in total. The SMILES string of the molecule is C[C@H](N[S+]([O-])C(C)(C)C)c1ccc2c(c1)CCO2. The van der Waals surface area contributed by atoms with Crippen LogP contribution in [0.15, 0.2) is 18.2 Å². The lowest BCUT2D eigenvalue weighted by Gasteiger charge is -2.26. The molecule has 1 aliphatic heterocycles. The van der Waals surface area contributed by atoms with Crippen LogP contribution in [0.5, 0.6) is 5.75 Å². The van der Waals surface area contributed by atoms with E-state index in [9.17, 15) is 4.55 Å². The van der Waals surface area contributed by atoms with Crippen molar-refractivity contribution in [3.8, 4) is 5.75 Å². The summed E-state index contributed by atoms with van der Waals surface area (Å²) >= 11 is -1.05. The van der Waals surface area contributed by atoms with Crippen molar-refractivity contribution in [2.75, 3.05) is 6.61 Å². The second-order valence-electron chi connectivity index (χ2n) is 5.69. The Morgan fingerprint density at radius 3 is 2.78 bits per heavy atom. The molecule has 4 heteroatoms. The first-order valence-corrected chi connectivity index (χ1v) is 7.46. The van der Waals surface area contributed by atoms with Crippen molar-refractivity contribution in [3.05, 3.63) is 29.3 Å². The van der Waals surface area contributed by atoms with Crippen LogP contribution in [0.25, 0.3) is 0 Å². The maximum absolute atomic E-state index is 12.1. The summed E-state index contributed by atoms with van der Waals surface area (Å²) in [5.74, 6) is 0.989. The number of fused-ring (bicyclic) bond motifs is 1. The van der Waals surface area contributed by atoms with Crippen molar-refractivity contribution < 1.29 is 9.29 Å². The highest BCUT2D eigenvalue weighted by Gasteiger charge is 2.28. The molecule has 0 amide bonds. The van der Waals surface area contributed by atoms with E-state index in [-0.39, 0.29) is 10.8 Å². The van der Waals surface area contributed by atoms with Crippen LogP contribution in [0, 0.1) is 0 Å². The Balaban J connectivity index is 2.07. The summed E-state index contributed by atoms with van der Waals surface area (Å²) in [6.07, 6.45) is 0.970. The van der Waals surface area contributed by atoms with E-state index in [2.05, 4.69) is 10.8 Å². The molecule has 1 unspecified atom stereocenters. The van der Waals surface area contributed by atoms with E-state index in [1.165, 1.54) is 5.56 Å². The molecule has 0 saturated carbocycles. The van der Waals surface area contributed by atoms with Crippen molar-refractivity contribution in [1.82, 2.24) is 4.72 Å². The van der Waals surface area contributed by atoms with E-state index < -0.39 is 11.4 Å². The zero-order valence-electron chi connectivity index (χ0n) is 11.4. The average Bonchev–Trinajstić information content (AvgIpc) is 2.74. The molecule has 1 aromatic carbocycles. The van der Waals surface area contributed by atoms with Gasteiger partial charge in [0.15, 0.2) is 0 Å². The van der Waals surface area contributed by atoms with Gasteiger partial charge in [0.2, 0.25) is 0 Å². The number of benzene rings is 1. The van der Waals surface area contributed by atoms with Crippen molar-refractivity contribution >= 4 is 11.4 Å². The van der Waals surface area contributed by atoms with Crippen LogP contribution in [-0.4, -0.2) is 15.9 Å². The van der Waals surface area contributed by atoms with Gasteiger partial charge in [0, 0.05) is 17.8 Å². The molecule has 100 valence electrons. The lowest BCUT2D eigenvalue weighted by molar-refractivity contribution is 0.357. The molecular weight excluding hydrogens is 246 g/mol. The first-order valence-electron chi connectivity index (χ1n) is 6.31.